The molecule has 1 saturated carbocycles. The zero-order valence-corrected chi connectivity index (χ0v) is 6.08. The van der Waals surface area contributed by atoms with Crippen molar-refractivity contribution in [2.75, 3.05) is 0 Å². The Morgan fingerprint density at radius 3 is 2.64 bits per heavy atom. The highest BCUT2D eigenvalue weighted by Crippen LogP contribution is 2.32. The molecule has 1 aliphatic carbocycles. The van der Waals surface area contributed by atoms with Crippen LogP contribution >= 0.6 is 0 Å². The van der Waals surface area contributed by atoms with Gasteiger partial charge in [-0.2, -0.15) is 4.99 Å². The number of aliphatic imine (C=N–C) groups is 1. The molecule has 11 heavy (non-hydrogen) atoms. The van der Waals surface area contributed by atoms with Gasteiger partial charge in [0.2, 0.25) is 0 Å². The third-order valence-electron chi connectivity index (χ3n) is 1.92. The third kappa shape index (κ3) is 0.824. The summed E-state index contributed by atoms with van der Waals surface area (Å²) in [7, 11) is 0. The molecule has 0 bridgehead atoms. The van der Waals surface area contributed by atoms with Gasteiger partial charge in [0, 0.05) is 6.04 Å². The highest BCUT2D eigenvalue weighted by molar-refractivity contribution is 6.10. The lowest BCUT2D eigenvalue weighted by molar-refractivity contribution is 0.224. The minimum atomic E-state index is -0.255. The fraction of sp³-hybridized carbons (Fsp3) is 0.429. The normalized spacial score (nSPS) is 24.4. The second-order valence-corrected chi connectivity index (χ2v) is 2.83. The maximum atomic E-state index is 11.1. The van der Waals surface area contributed by atoms with E-state index in [1.165, 1.54) is 0 Å². The van der Waals surface area contributed by atoms with E-state index in [9.17, 15) is 4.79 Å². The molecule has 4 heteroatoms. The standard InChI is InChI=1S/C7H9N3O/c1-4-6(8)9-7(11)10(4)5-2-3-5/h5H,1-3H2,(H2,8,9,11). The number of nitrogens with zero attached hydrogens (tertiary/aromatic N) is 2. The lowest BCUT2D eigenvalue weighted by Gasteiger charge is -2.13. The Morgan fingerprint density at radius 2 is 2.27 bits per heavy atom. The number of hydrogen-bond donors (Lipinski definition) is 1. The number of amidine groups is 1. The fourth-order valence-corrected chi connectivity index (χ4v) is 1.17. The van der Waals surface area contributed by atoms with E-state index in [0.717, 1.165) is 12.8 Å². The predicted octanol–water partition coefficient (Wildman–Crippen LogP) is 0.455. The second kappa shape index (κ2) is 1.84. The van der Waals surface area contributed by atoms with Gasteiger partial charge in [-0.15, -0.1) is 0 Å². The van der Waals surface area contributed by atoms with Crippen LogP contribution in [0.5, 0.6) is 0 Å². The van der Waals surface area contributed by atoms with Crippen LogP contribution in [-0.4, -0.2) is 22.8 Å². The monoisotopic (exact) mass is 151 g/mol. The van der Waals surface area contributed by atoms with Crippen molar-refractivity contribution in [3.05, 3.63) is 12.3 Å². The molecule has 0 radical (unpaired) electrons. The summed E-state index contributed by atoms with van der Waals surface area (Å²) in [6, 6.07) is 0.0646. The van der Waals surface area contributed by atoms with Crippen LogP contribution < -0.4 is 5.73 Å². The first kappa shape index (κ1) is 6.39. The van der Waals surface area contributed by atoms with Crippen molar-refractivity contribution in [1.29, 1.82) is 0 Å². The first-order valence-electron chi connectivity index (χ1n) is 3.57. The maximum Gasteiger partial charge on any atom is 0.350 e. The van der Waals surface area contributed by atoms with Gasteiger partial charge in [-0.1, -0.05) is 6.58 Å². The van der Waals surface area contributed by atoms with Crippen molar-refractivity contribution in [3.8, 4) is 0 Å². The summed E-state index contributed by atoms with van der Waals surface area (Å²) in [6.07, 6.45) is 2.10. The lowest BCUT2D eigenvalue weighted by atomic mass is 10.4. The molecule has 0 aromatic rings. The number of nitrogens with two attached hydrogens (primary N) is 1. The number of carbonyl (C=O) groups is 1. The predicted molar refractivity (Wildman–Crippen MR) is 41.0 cm³/mol. The lowest BCUT2D eigenvalue weighted by Crippen LogP contribution is -2.27. The summed E-state index contributed by atoms with van der Waals surface area (Å²) >= 11 is 0. The molecule has 0 unspecified atom stereocenters. The van der Waals surface area contributed by atoms with Crippen LogP contribution in [0.15, 0.2) is 17.3 Å². The van der Waals surface area contributed by atoms with E-state index in [1.54, 1.807) is 4.90 Å². The molecule has 4 nitrogen and oxygen atoms in total. The van der Waals surface area contributed by atoms with Crippen LogP contribution in [0.2, 0.25) is 0 Å². The summed E-state index contributed by atoms with van der Waals surface area (Å²) in [4.78, 5) is 16.2. The van der Waals surface area contributed by atoms with Gasteiger partial charge < -0.3 is 5.73 Å². The van der Waals surface area contributed by atoms with Crippen molar-refractivity contribution >= 4 is 11.9 Å². The Bertz CT molecular complexity index is 265. The van der Waals surface area contributed by atoms with Crippen LogP contribution in [0.25, 0.3) is 0 Å². The minimum absolute atomic E-state index is 0.255. The van der Waals surface area contributed by atoms with Crippen molar-refractivity contribution in [3.63, 3.8) is 0 Å². The third-order valence-corrected chi connectivity index (χ3v) is 1.92. The van der Waals surface area contributed by atoms with E-state index < -0.39 is 0 Å². The zero-order chi connectivity index (χ0) is 8.01. The average Bonchev–Trinajstić information content (AvgIpc) is 2.68. The molecule has 0 aromatic carbocycles. The first-order chi connectivity index (χ1) is 5.20. The average molecular weight is 151 g/mol. The second-order valence-electron chi connectivity index (χ2n) is 2.83. The van der Waals surface area contributed by atoms with Gasteiger partial charge in [-0.25, -0.2) is 4.79 Å². The Kier molecular flexibility index (Phi) is 1.07. The molecule has 2 N–H and O–H groups in total. The van der Waals surface area contributed by atoms with E-state index in [1.807, 2.05) is 0 Å². The van der Waals surface area contributed by atoms with Gasteiger partial charge in [0.25, 0.3) is 0 Å². The Balaban J connectivity index is 2.24. The van der Waals surface area contributed by atoms with Gasteiger partial charge in [0.05, 0.1) is 5.70 Å². The van der Waals surface area contributed by atoms with Crippen LogP contribution in [0.3, 0.4) is 0 Å². The molecule has 58 valence electrons. The molecule has 0 aromatic heterocycles. The van der Waals surface area contributed by atoms with E-state index in [-0.39, 0.29) is 11.9 Å². The van der Waals surface area contributed by atoms with Crippen molar-refractivity contribution < 1.29 is 4.79 Å². The highest BCUT2D eigenvalue weighted by Gasteiger charge is 2.38. The van der Waals surface area contributed by atoms with E-state index in [2.05, 4.69) is 11.6 Å². The molecule has 1 aliphatic heterocycles. The minimum Gasteiger partial charge on any atom is -0.382 e. The number of urea groups is 1. The highest BCUT2D eigenvalue weighted by atomic mass is 16.2. The summed E-state index contributed by atoms with van der Waals surface area (Å²) in [5, 5.41) is 0. The topological polar surface area (TPSA) is 58.7 Å². The van der Waals surface area contributed by atoms with E-state index in [4.69, 9.17) is 5.73 Å². The van der Waals surface area contributed by atoms with Crippen molar-refractivity contribution in [2.45, 2.75) is 18.9 Å². The molecule has 0 spiro atoms. The Hall–Kier alpha value is -1.32. The maximum absolute atomic E-state index is 11.1. The quantitative estimate of drug-likeness (QED) is 0.591. The van der Waals surface area contributed by atoms with Gasteiger partial charge in [0.1, 0.15) is 0 Å². The number of hydrogen-bond acceptors (Lipinski definition) is 2. The molecule has 0 saturated heterocycles. The van der Waals surface area contributed by atoms with Crippen LogP contribution in [0.1, 0.15) is 12.8 Å². The van der Waals surface area contributed by atoms with Gasteiger partial charge in [-0.05, 0) is 12.8 Å². The van der Waals surface area contributed by atoms with E-state index >= 15 is 0 Å². The van der Waals surface area contributed by atoms with Crippen LogP contribution in [0.4, 0.5) is 4.79 Å². The largest absolute Gasteiger partial charge is 0.382 e. The Labute approximate surface area is 64.4 Å². The molecule has 1 fully saturated rings. The summed E-state index contributed by atoms with van der Waals surface area (Å²) in [5.74, 6) is 0.266. The first-order valence-corrected chi connectivity index (χ1v) is 3.57. The Morgan fingerprint density at radius 1 is 1.64 bits per heavy atom. The van der Waals surface area contributed by atoms with Crippen LogP contribution in [0, 0.1) is 0 Å². The molecule has 2 aliphatic rings. The summed E-state index contributed by atoms with van der Waals surface area (Å²) in [5.41, 5.74) is 5.98. The van der Waals surface area contributed by atoms with Crippen LogP contribution in [-0.2, 0) is 0 Å². The number of carbonyl (C=O) groups excluding carboxylic acids is 1. The number of rotatable bonds is 1. The SMILES string of the molecule is C=C1C(N)=NC(=O)N1C1CC1. The molecular formula is C7H9N3O. The van der Waals surface area contributed by atoms with Gasteiger partial charge in [0.15, 0.2) is 5.84 Å². The molecule has 1 heterocycles. The molecule has 2 rings (SSSR count). The van der Waals surface area contributed by atoms with Crippen molar-refractivity contribution in [1.82, 2.24) is 4.90 Å². The smallest absolute Gasteiger partial charge is 0.350 e. The summed E-state index contributed by atoms with van der Waals surface area (Å²) in [6.45, 7) is 3.68. The number of amides is 2. The summed E-state index contributed by atoms with van der Waals surface area (Å²) < 4.78 is 0. The molecule has 2 amide bonds. The zero-order valence-electron chi connectivity index (χ0n) is 6.08. The van der Waals surface area contributed by atoms with Gasteiger partial charge >= 0.3 is 6.03 Å². The van der Waals surface area contributed by atoms with Crippen molar-refractivity contribution in [2.24, 2.45) is 10.7 Å². The van der Waals surface area contributed by atoms with E-state index in [0.29, 0.717) is 11.7 Å². The fourth-order valence-electron chi connectivity index (χ4n) is 1.17. The molecule has 0 atom stereocenters. The molecular weight excluding hydrogens is 142 g/mol. The van der Waals surface area contributed by atoms with Gasteiger partial charge in [-0.3, -0.25) is 4.90 Å².